The van der Waals surface area contributed by atoms with Crippen LogP contribution in [0.2, 0.25) is 0 Å². The predicted molar refractivity (Wildman–Crippen MR) is 85.7 cm³/mol. The lowest BCUT2D eigenvalue weighted by molar-refractivity contribution is 0.0697. The molecular formula is C16H15N5O2. The number of aromatic nitrogens is 4. The zero-order valence-electron chi connectivity index (χ0n) is 12.7. The van der Waals surface area contributed by atoms with E-state index in [4.69, 9.17) is 5.11 Å². The van der Waals surface area contributed by atoms with Gasteiger partial charge in [0.2, 0.25) is 5.95 Å². The van der Waals surface area contributed by atoms with E-state index in [9.17, 15) is 4.79 Å². The number of carbonyl (C=O) groups is 1. The first-order valence-electron chi connectivity index (χ1n) is 6.96. The molecule has 0 saturated carbocycles. The van der Waals surface area contributed by atoms with Gasteiger partial charge in [0.25, 0.3) is 0 Å². The molecule has 0 atom stereocenters. The van der Waals surface area contributed by atoms with Crippen molar-refractivity contribution in [2.45, 2.75) is 6.92 Å². The molecule has 0 unspecified atom stereocenters. The number of anilines is 2. The molecule has 7 heteroatoms. The summed E-state index contributed by atoms with van der Waals surface area (Å²) >= 11 is 0. The van der Waals surface area contributed by atoms with Crippen molar-refractivity contribution in [3.05, 3.63) is 54.0 Å². The minimum atomic E-state index is -0.956. The maximum atomic E-state index is 10.9. The highest BCUT2D eigenvalue weighted by molar-refractivity contribution is 5.88. The van der Waals surface area contributed by atoms with Gasteiger partial charge in [0.1, 0.15) is 0 Å². The summed E-state index contributed by atoms with van der Waals surface area (Å²) in [4.78, 5) is 19.7. The second kappa shape index (κ2) is 5.88. The average Bonchev–Trinajstić information content (AvgIpc) is 2.94. The van der Waals surface area contributed by atoms with E-state index in [1.165, 1.54) is 12.1 Å². The number of nitrogens with zero attached hydrogens (tertiary/aromatic N) is 4. The van der Waals surface area contributed by atoms with Crippen LogP contribution in [-0.2, 0) is 7.05 Å². The van der Waals surface area contributed by atoms with E-state index in [1.54, 1.807) is 23.0 Å². The molecule has 3 aromatic rings. The summed E-state index contributed by atoms with van der Waals surface area (Å²) in [6, 6.07) is 8.30. The van der Waals surface area contributed by atoms with Crippen molar-refractivity contribution in [2.24, 2.45) is 7.05 Å². The number of carboxylic acid groups (broad SMARTS) is 1. The van der Waals surface area contributed by atoms with Gasteiger partial charge in [-0.15, -0.1) is 0 Å². The van der Waals surface area contributed by atoms with Gasteiger partial charge in [0.05, 0.1) is 17.5 Å². The molecule has 1 aromatic carbocycles. The Labute approximate surface area is 132 Å². The second-order valence-corrected chi connectivity index (χ2v) is 5.13. The molecule has 2 heterocycles. The summed E-state index contributed by atoms with van der Waals surface area (Å²) in [6.07, 6.45) is 3.63. The zero-order chi connectivity index (χ0) is 16.4. The molecule has 0 saturated heterocycles. The van der Waals surface area contributed by atoms with E-state index < -0.39 is 5.97 Å². The summed E-state index contributed by atoms with van der Waals surface area (Å²) in [7, 11) is 1.85. The van der Waals surface area contributed by atoms with Gasteiger partial charge in [0.15, 0.2) is 0 Å². The fourth-order valence-corrected chi connectivity index (χ4v) is 2.15. The smallest absolute Gasteiger partial charge is 0.335 e. The molecule has 2 N–H and O–H groups in total. The molecule has 0 fully saturated rings. The zero-order valence-corrected chi connectivity index (χ0v) is 12.7. The largest absolute Gasteiger partial charge is 0.478 e. The Balaban J connectivity index is 1.88. The first-order chi connectivity index (χ1) is 11.0. The van der Waals surface area contributed by atoms with Crippen molar-refractivity contribution >= 4 is 17.6 Å². The molecule has 0 aliphatic heterocycles. The number of carboxylic acids is 1. The van der Waals surface area contributed by atoms with Crippen LogP contribution in [0.25, 0.3) is 11.3 Å². The van der Waals surface area contributed by atoms with Crippen LogP contribution in [0.1, 0.15) is 16.1 Å². The fourth-order valence-electron chi connectivity index (χ4n) is 2.15. The summed E-state index contributed by atoms with van der Waals surface area (Å²) in [5.74, 6) is -0.505. The van der Waals surface area contributed by atoms with Gasteiger partial charge < -0.3 is 10.4 Å². The lowest BCUT2D eigenvalue weighted by Crippen LogP contribution is -2.01. The Hall–Kier alpha value is -3.22. The van der Waals surface area contributed by atoms with Crippen molar-refractivity contribution in [1.82, 2.24) is 19.7 Å². The highest BCUT2D eigenvalue weighted by atomic mass is 16.4. The van der Waals surface area contributed by atoms with Crippen LogP contribution >= 0.6 is 0 Å². The third-order valence-electron chi connectivity index (χ3n) is 3.24. The van der Waals surface area contributed by atoms with Crippen LogP contribution in [-0.4, -0.2) is 30.8 Å². The summed E-state index contributed by atoms with van der Waals surface area (Å²) in [5, 5.41) is 16.1. The minimum absolute atomic E-state index is 0.233. The van der Waals surface area contributed by atoms with Crippen molar-refractivity contribution in [1.29, 1.82) is 0 Å². The van der Waals surface area contributed by atoms with Crippen LogP contribution in [0.5, 0.6) is 0 Å². The Morgan fingerprint density at radius 2 is 1.96 bits per heavy atom. The van der Waals surface area contributed by atoms with E-state index in [0.717, 1.165) is 22.6 Å². The Morgan fingerprint density at radius 1 is 1.22 bits per heavy atom. The summed E-state index contributed by atoms with van der Waals surface area (Å²) < 4.78 is 1.71. The molecular weight excluding hydrogens is 294 g/mol. The fraction of sp³-hybridized carbons (Fsp3) is 0.125. The van der Waals surface area contributed by atoms with E-state index in [1.807, 2.05) is 26.2 Å². The van der Waals surface area contributed by atoms with Gasteiger partial charge in [-0.1, -0.05) is 0 Å². The topological polar surface area (TPSA) is 92.9 Å². The van der Waals surface area contributed by atoms with Crippen LogP contribution in [0.15, 0.2) is 42.7 Å². The van der Waals surface area contributed by atoms with Gasteiger partial charge in [-0.2, -0.15) is 5.10 Å². The molecule has 0 spiro atoms. The van der Waals surface area contributed by atoms with E-state index in [-0.39, 0.29) is 5.56 Å². The first kappa shape index (κ1) is 14.7. The van der Waals surface area contributed by atoms with Gasteiger partial charge in [0, 0.05) is 30.2 Å². The Bertz CT molecular complexity index is 855. The van der Waals surface area contributed by atoms with Crippen molar-refractivity contribution in [3.63, 3.8) is 0 Å². The average molecular weight is 309 g/mol. The Morgan fingerprint density at radius 3 is 2.57 bits per heavy atom. The third-order valence-corrected chi connectivity index (χ3v) is 3.24. The Kier molecular flexibility index (Phi) is 3.76. The summed E-state index contributed by atoms with van der Waals surface area (Å²) in [5.41, 5.74) is 3.45. The van der Waals surface area contributed by atoms with Crippen molar-refractivity contribution in [2.75, 3.05) is 5.32 Å². The molecule has 7 nitrogen and oxygen atoms in total. The molecule has 116 valence electrons. The molecule has 23 heavy (non-hydrogen) atoms. The third kappa shape index (κ3) is 3.34. The molecule has 0 bridgehead atoms. The molecule has 0 aliphatic rings. The van der Waals surface area contributed by atoms with Gasteiger partial charge in [-0.25, -0.2) is 14.8 Å². The number of aromatic carboxylic acids is 1. The molecule has 3 rings (SSSR count). The highest BCUT2D eigenvalue weighted by Gasteiger charge is 2.08. The van der Waals surface area contributed by atoms with Crippen LogP contribution in [0.3, 0.4) is 0 Å². The number of rotatable bonds is 4. The molecule has 2 aromatic heterocycles. The van der Waals surface area contributed by atoms with Gasteiger partial charge in [-0.05, 0) is 37.3 Å². The van der Waals surface area contributed by atoms with Gasteiger partial charge >= 0.3 is 5.97 Å². The molecule has 0 radical (unpaired) electrons. The standard InChI is InChI=1S/C16H15N5O2/c1-10-7-14(12-8-17-21(2)9-12)20-16(18-10)19-13-5-3-11(4-6-13)15(22)23/h3-9H,1-2H3,(H,22,23)(H,18,19,20). The number of benzene rings is 1. The van der Waals surface area contributed by atoms with E-state index in [0.29, 0.717) is 5.95 Å². The van der Waals surface area contributed by atoms with E-state index in [2.05, 4.69) is 20.4 Å². The lowest BCUT2D eigenvalue weighted by atomic mass is 10.2. The van der Waals surface area contributed by atoms with Crippen molar-refractivity contribution < 1.29 is 9.90 Å². The highest BCUT2D eigenvalue weighted by Crippen LogP contribution is 2.20. The monoisotopic (exact) mass is 309 g/mol. The van der Waals surface area contributed by atoms with Crippen molar-refractivity contribution in [3.8, 4) is 11.3 Å². The maximum Gasteiger partial charge on any atom is 0.335 e. The quantitative estimate of drug-likeness (QED) is 0.769. The number of hydrogen-bond acceptors (Lipinski definition) is 5. The van der Waals surface area contributed by atoms with E-state index >= 15 is 0 Å². The second-order valence-electron chi connectivity index (χ2n) is 5.13. The first-order valence-corrected chi connectivity index (χ1v) is 6.96. The number of nitrogens with one attached hydrogen (secondary N) is 1. The molecule has 0 amide bonds. The SMILES string of the molecule is Cc1cc(-c2cnn(C)c2)nc(Nc2ccc(C(=O)O)cc2)n1. The number of hydrogen-bond donors (Lipinski definition) is 2. The maximum absolute atomic E-state index is 10.9. The minimum Gasteiger partial charge on any atom is -0.478 e. The van der Waals surface area contributed by atoms with Crippen LogP contribution < -0.4 is 5.32 Å². The number of aryl methyl sites for hydroxylation is 2. The van der Waals surface area contributed by atoms with Crippen LogP contribution in [0, 0.1) is 6.92 Å². The lowest BCUT2D eigenvalue weighted by Gasteiger charge is -2.07. The van der Waals surface area contributed by atoms with Crippen LogP contribution in [0.4, 0.5) is 11.6 Å². The normalized spacial score (nSPS) is 10.5. The molecule has 0 aliphatic carbocycles. The van der Waals surface area contributed by atoms with Gasteiger partial charge in [-0.3, -0.25) is 4.68 Å². The summed E-state index contributed by atoms with van der Waals surface area (Å²) in [6.45, 7) is 1.89. The predicted octanol–water partition coefficient (Wildman–Crippen LogP) is 2.63.